The second kappa shape index (κ2) is 9.67. The van der Waals surface area contributed by atoms with E-state index in [9.17, 15) is 18.0 Å². The molecule has 1 fully saturated rings. The zero-order valence-corrected chi connectivity index (χ0v) is 16.3. The number of benzene rings is 1. The monoisotopic (exact) mass is 399 g/mol. The Hall–Kier alpha value is -2.17. The van der Waals surface area contributed by atoms with E-state index in [0.717, 1.165) is 0 Å². The second-order valence-electron chi connectivity index (χ2n) is 5.86. The molecule has 2 rings (SSSR count). The maximum atomic E-state index is 12.8. The lowest BCUT2D eigenvalue weighted by atomic mass is 10.2. The number of nitrogens with one attached hydrogen (secondary N) is 1. The Morgan fingerprint density at radius 3 is 2.30 bits per heavy atom. The van der Waals surface area contributed by atoms with Crippen LogP contribution < -0.4 is 5.32 Å². The van der Waals surface area contributed by atoms with E-state index in [1.54, 1.807) is 14.0 Å². The normalized spacial score (nSPS) is 15.4. The summed E-state index contributed by atoms with van der Waals surface area (Å²) in [6, 6.07) is 5.78. The van der Waals surface area contributed by atoms with Gasteiger partial charge in [-0.15, -0.1) is 0 Å². The molecule has 1 aromatic rings. The molecule has 0 unspecified atom stereocenters. The van der Waals surface area contributed by atoms with Crippen molar-refractivity contribution in [3.05, 3.63) is 29.8 Å². The zero-order chi connectivity index (χ0) is 19.9. The number of methoxy groups -OCH3 is 1. The van der Waals surface area contributed by atoms with Crippen molar-refractivity contribution in [1.82, 2.24) is 14.5 Å². The molecule has 1 aliphatic rings. The summed E-state index contributed by atoms with van der Waals surface area (Å²) in [5.74, 6) is -0.293. The molecule has 1 heterocycles. The molecule has 1 aromatic carbocycles. The molecule has 0 saturated carbocycles. The number of carbonyl (C=O) groups is 2. The van der Waals surface area contributed by atoms with Gasteiger partial charge in [0.15, 0.2) is 0 Å². The molecule has 1 saturated heterocycles. The van der Waals surface area contributed by atoms with Gasteiger partial charge in [0.2, 0.25) is 10.0 Å². The molecular weight excluding hydrogens is 374 g/mol. The van der Waals surface area contributed by atoms with Crippen molar-refractivity contribution in [1.29, 1.82) is 0 Å². The highest BCUT2D eigenvalue weighted by molar-refractivity contribution is 7.89. The molecule has 0 aliphatic carbocycles. The number of ether oxygens (including phenoxy) is 2. The molecule has 1 aliphatic heterocycles. The van der Waals surface area contributed by atoms with Crippen LogP contribution in [0.1, 0.15) is 17.3 Å². The molecule has 2 amide bonds. The van der Waals surface area contributed by atoms with Crippen LogP contribution in [0.4, 0.5) is 4.79 Å². The van der Waals surface area contributed by atoms with E-state index < -0.39 is 16.1 Å². The fourth-order valence-corrected chi connectivity index (χ4v) is 4.04. The van der Waals surface area contributed by atoms with E-state index >= 15 is 0 Å². The second-order valence-corrected chi connectivity index (χ2v) is 7.80. The molecule has 1 N–H and O–H groups in total. The molecule has 150 valence electrons. The van der Waals surface area contributed by atoms with Crippen LogP contribution in [0.5, 0.6) is 0 Å². The zero-order valence-electron chi connectivity index (χ0n) is 15.5. The predicted octanol–water partition coefficient (Wildman–Crippen LogP) is 0.526. The smallest absolute Gasteiger partial charge is 0.409 e. The Morgan fingerprint density at radius 1 is 1.11 bits per heavy atom. The molecule has 9 nitrogen and oxygen atoms in total. The van der Waals surface area contributed by atoms with Gasteiger partial charge in [0.05, 0.1) is 18.1 Å². The summed E-state index contributed by atoms with van der Waals surface area (Å²) in [5.41, 5.74) is 0.372. The maximum Gasteiger partial charge on any atom is 0.409 e. The summed E-state index contributed by atoms with van der Waals surface area (Å²) >= 11 is 0. The molecule has 0 bridgehead atoms. The largest absolute Gasteiger partial charge is 0.450 e. The highest BCUT2D eigenvalue weighted by Crippen LogP contribution is 2.18. The van der Waals surface area contributed by atoms with E-state index in [1.165, 1.54) is 33.5 Å². The van der Waals surface area contributed by atoms with Gasteiger partial charge in [-0.05, 0) is 31.2 Å². The summed E-state index contributed by atoms with van der Waals surface area (Å²) in [6.07, 6.45) is -0.432. The summed E-state index contributed by atoms with van der Waals surface area (Å²) in [4.78, 5) is 25.3. The van der Waals surface area contributed by atoms with Crippen molar-refractivity contribution >= 4 is 22.0 Å². The van der Waals surface area contributed by atoms with Crippen molar-refractivity contribution in [2.45, 2.75) is 11.8 Å². The van der Waals surface area contributed by atoms with E-state index in [1.807, 2.05) is 0 Å². The average molecular weight is 399 g/mol. The molecule has 0 radical (unpaired) electrons. The van der Waals surface area contributed by atoms with Crippen molar-refractivity contribution in [2.24, 2.45) is 0 Å². The predicted molar refractivity (Wildman–Crippen MR) is 98.0 cm³/mol. The number of sulfonamides is 1. The van der Waals surface area contributed by atoms with Gasteiger partial charge in [0.1, 0.15) is 0 Å². The fraction of sp³-hybridized carbons (Fsp3) is 0.529. The molecule has 0 spiro atoms. The van der Waals surface area contributed by atoms with Gasteiger partial charge >= 0.3 is 6.09 Å². The van der Waals surface area contributed by atoms with Gasteiger partial charge in [0.25, 0.3) is 5.91 Å². The number of carbonyl (C=O) groups excluding carboxylic acids is 2. The first-order chi connectivity index (χ1) is 12.9. The first-order valence-electron chi connectivity index (χ1n) is 8.69. The highest BCUT2D eigenvalue weighted by Gasteiger charge is 2.30. The summed E-state index contributed by atoms with van der Waals surface area (Å²) < 4.78 is 36.6. The van der Waals surface area contributed by atoms with E-state index in [0.29, 0.717) is 18.7 Å². The van der Waals surface area contributed by atoms with Crippen molar-refractivity contribution in [3.63, 3.8) is 0 Å². The first-order valence-corrected chi connectivity index (χ1v) is 10.1. The Morgan fingerprint density at radius 2 is 1.74 bits per heavy atom. The van der Waals surface area contributed by atoms with Crippen LogP contribution in [-0.4, -0.2) is 82.7 Å². The standard InChI is InChI=1S/C17H25N3O6S/c1-3-26-17(22)19-9-11-20(12-10-19)27(23,24)15-6-4-14(5-7-15)16(21)18-8-13-25-2/h4-7H,3,8-13H2,1-2H3,(H,18,21). The van der Waals surface area contributed by atoms with E-state index in [2.05, 4.69) is 5.32 Å². The van der Waals surface area contributed by atoms with Crippen molar-refractivity contribution in [2.75, 3.05) is 53.0 Å². The lowest BCUT2D eigenvalue weighted by Gasteiger charge is -2.33. The SMILES string of the molecule is CCOC(=O)N1CCN(S(=O)(=O)c2ccc(C(=O)NCCOC)cc2)CC1. The number of piperazine rings is 1. The first kappa shape index (κ1) is 21.1. The molecule has 0 aromatic heterocycles. The average Bonchev–Trinajstić information content (AvgIpc) is 2.68. The molecular formula is C17H25N3O6S. The third kappa shape index (κ3) is 5.41. The van der Waals surface area contributed by atoms with Crippen LogP contribution in [0.2, 0.25) is 0 Å². The van der Waals surface area contributed by atoms with Gasteiger partial charge in [0, 0.05) is 45.4 Å². The molecule has 0 atom stereocenters. The van der Waals surface area contributed by atoms with Crippen LogP contribution in [0, 0.1) is 0 Å². The third-order valence-corrected chi connectivity index (χ3v) is 6.02. The van der Waals surface area contributed by atoms with Crippen LogP contribution in [-0.2, 0) is 19.5 Å². The van der Waals surface area contributed by atoms with Crippen LogP contribution in [0.15, 0.2) is 29.2 Å². The van der Waals surface area contributed by atoms with Crippen LogP contribution in [0.3, 0.4) is 0 Å². The van der Waals surface area contributed by atoms with E-state index in [-0.39, 0.29) is 43.6 Å². The van der Waals surface area contributed by atoms with Crippen LogP contribution in [0.25, 0.3) is 0 Å². The number of nitrogens with zero attached hydrogens (tertiary/aromatic N) is 2. The molecule has 27 heavy (non-hydrogen) atoms. The number of hydrogen-bond acceptors (Lipinski definition) is 6. The third-order valence-electron chi connectivity index (χ3n) is 4.11. The van der Waals surface area contributed by atoms with E-state index in [4.69, 9.17) is 9.47 Å². The lowest BCUT2D eigenvalue weighted by Crippen LogP contribution is -2.50. The minimum absolute atomic E-state index is 0.112. The summed E-state index contributed by atoms with van der Waals surface area (Å²) in [6.45, 7) is 3.72. The summed E-state index contributed by atoms with van der Waals surface area (Å²) in [5, 5.41) is 2.67. The van der Waals surface area contributed by atoms with Crippen LogP contribution >= 0.6 is 0 Å². The summed E-state index contributed by atoms with van der Waals surface area (Å²) in [7, 11) is -2.14. The van der Waals surface area contributed by atoms with Gasteiger partial charge in [-0.25, -0.2) is 13.2 Å². The fourth-order valence-electron chi connectivity index (χ4n) is 2.62. The van der Waals surface area contributed by atoms with Crippen molar-refractivity contribution < 1.29 is 27.5 Å². The number of rotatable bonds is 7. The minimum Gasteiger partial charge on any atom is -0.450 e. The topological polar surface area (TPSA) is 105 Å². The van der Waals surface area contributed by atoms with Gasteiger partial charge in [-0.1, -0.05) is 0 Å². The Balaban J connectivity index is 1.99. The Kier molecular flexibility index (Phi) is 7.57. The van der Waals surface area contributed by atoms with Gasteiger partial charge in [-0.2, -0.15) is 4.31 Å². The number of hydrogen-bond donors (Lipinski definition) is 1. The van der Waals surface area contributed by atoms with Gasteiger partial charge < -0.3 is 19.7 Å². The molecule has 10 heteroatoms. The van der Waals surface area contributed by atoms with Gasteiger partial charge in [-0.3, -0.25) is 4.79 Å². The minimum atomic E-state index is -3.68. The Bertz CT molecular complexity index is 742. The maximum absolute atomic E-state index is 12.8. The Labute approximate surface area is 159 Å². The van der Waals surface area contributed by atoms with Crippen molar-refractivity contribution in [3.8, 4) is 0 Å². The highest BCUT2D eigenvalue weighted by atomic mass is 32.2. The number of amides is 2. The quantitative estimate of drug-likeness (QED) is 0.671. The lowest BCUT2D eigenvalue weighted by molar-refractivity contribution is 0.0930.